The first-order chi connectivity index (χ1) is 14.0. The molecule has 4 atom stereocenters. The van der Waals surface area contributed by atoms with Crippen LogP contribution in [-0.2, 0) is 9.59 Å². The van der Waals surface area contributed by atoms with Gasteiger partial charge in [0.1, 0.15) is 0 Å². The van der Waals surface area contributed by atoms with Crippen molar-refractivity contribution in [2.45, 2.75) is 12.8 Å². The zero-order valence-electron chi connectivity index (χ0n) is 15.5. The minimum Gasteiger partial charge on any atom is -0.322 e. The number of hydrogen-bond acceptors (Lipinski definition) is 3. The van der Waals surface area contributed by atoms with Crippen molar-refractivity contribution in [3.05, 3.63) is 71.3 Å². The fourth-order valence-electron chi connectivity index (χ4n) is 4.83. The van der Waals surface area contributed by atoms with Gasteiger partial charge in [0.25, 0.3) is 5.91 Å². The van der Waals surface area contributed by atoms with Crippen molar-refractivity contribution in [1.82, 2.24) is 0 Å². The van der Waals surface area contributed by atoms with Crippen LogP contribution in [0.2, 0.25) is 5.02 Å². The highest BCUT2D eigenvalue weighted by Crippen LogP contribution is 2.50. The first kappa shape index (κ1) is 18.1. The Bertz CT molecular complexity index is 997. The molecule has 29 heavy (non-hydrogen) atoms. The predicted molar refractivity (Wildman–Crippen MR) is 111 cm³/mol. The number of hydrogen-bond donors (Lipinski definition) is 1. The lowest BCUT2D eigenvalue weighted by molar-refractivity contribution is -0.124. The molecule has 6 rings (SSSR count). The molecule has 1 aliphatic heterocycles. The number of amides is 3. The van der Waals surface area contributed by atoms with Crippen molar-refractivity contribution in [3.8, 4) is 0 Å². The van der Waals surface area contributed by atoms with Crippen LogP contribution in [0.1, 0.15) is 23.2 Å². The van der Waals surface area contributed by atoms with Crippen LogP contribution in [0.25, 0.3) is 0 Å². The number of carbonyl (C=O) groups is 3. The molecule has 0 aromatic heterocycles. The largest absolute Gasteiger partial charge is 0.322 e. The molecular formula is C23H19ClN2O3. The molecule has 6 heteroatoms. The highest BCUT2D eigenvalue weighted by atomic mass is 35.5. The maximum absolute atomic E-state index is 13.0. The highest BCUT2D eigenvalue weighted by molar-refractivity contribution is 6.30. The molecule has 4 unspecified atom stereocenters. The van der Waals surface area contributed by atoms with Gasteiger partial charge in [-0.3, -0.25) is 19.3 Å². The van der Waals surface area contributed by atoms with E-state index >= 15 is 0 Å². The van der Waals surface area contributed by atoms with Gasteiger partial charge in [-0.1, -0.05) is 23.8 Å². The summed E-state index contributed by atoms with van der Waals surface area (Å²) in [4.78, 5) is 39.8. The summed E-state index contributed by atoms with van der Waals surface area (Å²) in [6, 6.07) is 13.4. The molecule has 146 valence electrons. The standard InChI is InChI=1S/C23H19ClN2O3/c24-16-7-9-17(10-8-16)25-21(27)15-5-11-18(12-6-15)26-22(28)19-13-1-2-14(4-3-13)20(19)23(26)29/h1-2,5-14,19-20H,3-4H2,(H,25,27). The number of allylic oxidation sites excluding steroid dienone is 2. The van der Waals surface area contributed by atoms with E-state index in [1.807, 2.05) is 0 Å². The first-order valence-electron chi connectivity index (χ1n) is 9.76. The van der Waals surface area contributed by atoms with E-state index in [0.29, 0.717) is 22.0 Å². The fourth-order valence-corrected chi connectivity index (χ4v) is 4.95. The summed E-state index contributed by atoms with van der Waals surface area (Å²) in [6.07, 6.45) is 6.15. The Balaban J connectivity index is 1.35. The van der Waals surface area contributed by atoms with Gasteiger partial charge >= 0.3 is 0 Å². The lowest BCUT2D eigenvalue weighted by atomic mass is 9.63. The van der Waals surface area contributed by atoms with E-state index in [0.717, 1.165) is 12.8 Å². The fraction of sp³-hybridized carbons (Fsp3) is 0.261. The number of nitrogens with one attached hydrogen (secondary N) is 1. The summed E-state index contributed by atoms with van der Waals surface area (Å²) in [6.45, 7) is 0. The lowest BCUT2D eigenvalue weighted by Gasteiger charge is -2.38. The molecule has 0 radical (unpaired) electrons. The number of imide groups is 1. The van der Waals surface area contributed by atoms with Crippen LogP contribution in [0.4, 0.5) is 11.4 Å². The second-order valence-electron chi connectivity index (χ2n) is 7.86. The molecule has 4 aliphatic rings. The maximum Gasteiger partial charge on any atom is 0.255 e. The third-order valence-electron chi connectivity index (χ3n) is 6.25. The van der Waals surface area contributed by atoms with Crippen molar-refractivity contribution >= 4 is 40.7 Å². The zero-order valence-corrected chi connectivity index (χ0v) is 16.3. The van der Waals surface area contributed by atoms with E-state index in [1.54, 1.807) is 48.5 Å². The van der Waals surface area contributed by atoms with Crippen LogP contribution in [0.5, 0.6) is 0 Å². The Morgan fingerprint density at radius 2 is 1.41 bits per heavy atom. The second-order valence-corrected chi connectivity index (χ2v) is 8.30. The molecule has 2 fully saturated rings. The van der Waals surface area contributed by atoms with Crippen molar-refractivity contribution in [2.75, 3.05) is 10.2 Å². The molecule has 2 aromatic carbocycles. The normalized spacial score (nSPS) is 27.3. The third kappa shape index (κ3) is 2.97. The first-order valence-corrected chi connectivity index (χ1v) is 10.1. The van der Waals surface area contributed by atoms with Crippen LogP contribution in [0.15, 0.2) is 60.7 Å². The van der Waals surface area contributed by atoms with E-state index in [1.165, 1.54) is 4.90 Å². The van der Waals surface area contributed by atoms with Crippen molar-refractivity contribution < 1.29 is 14.4 Å². The van der Waals surface area contributed by atoms with Gasteiger partial charge in [0, 0.05) is 16.3 Å². The zero-order chi connectivity index (χ0) is 20.1. The quantitative estimate of drug-likeness (QED) is 0.610. The van der Waals surface area contributed by atoms with E-state index in [9.17, 15) is 14.4 Å². The number of carbonyl (C=O) groups excluding carboxylic acids is 3. The van der Waals surface area contributed by atoms with Gasteiger partial charge in [-0.2, -0.15) is 0 Å². The summed E-state index contributed by atoms with van der Waals surface area (Å²) < 4.78 is 0. The average Bonchev–Trinajstić information content (AvgIpc) is 3.03. The molecule has 3 aliphatic carbocycles. The molecule has 2 aromatic rings. The topological polar surface area (TPSA) is 66.5 Å². The number of benzene rings is 2. The van der Waals surface area contributed by atoms with Crippen LogP contribution < -0.4 is 10.2 Å². The summed E-state index contributed by atoms with van der Waals surface area (Å²) in [7, 11) is 0. The van der Waals surface area contributed by atoms with Crippen LogP contribution in [0.3, 0.4) is 0 Å². The van der Waals surface area contributed by atoms with Gasteiger partial charge in [-0.05, 0) is 73.2 Å². The number of fused-ring (bicyclic) bond motifs is 1. The van der Waals surface area contributed by atoms with Crippen LogP contribution in [0, 0.1) is 23.7 Å². The lowest BCUT2D eigenvalue weighted by Crippen LogP contribution is -2.38. The molecule has 2 bridgehead atoms. The second kappa shape index (κ2) is 6.85. The molecule has 1 saturated heterocycles. The minimum absolute atomic E-state index is 0.114. The van der Waals surface area contributed by atoms with E-state index in [-0.39, 0.29) is 41.4 Å². The van der Waals surface area contributed by atoms with Gasteiger partial charge in [0.05, 0.1) is 17.5 Å². The molecule has 3 amide bonds. The van der Waals surface area contributed by atoms with Crippen LogP contribution >= 0.6 is 11.6 Å². The predicted octanol–water partition coefficient (Wildman–Crippen LogP) is 4.29. The minimum atomic E-state index is -0.270. The number of rotatable bonds is 3. The summed E-state index contributed by atoms with van der Waals surface area (Å²) >= 11 is 5.86. The number of halogens is 1. The van der Waals surface area contributed by atoms with E-state index in [4.69, 9.17) is 11.6 Å². The SMILES string of the molecule is O=C(Nc1ccc(Cl)cc1)c1ccc(N2C(=O)C3C4C=CC(CC4)C3C2=O)cc1. The van der Waals surface area contributed by atoms with Gasteiger partial charge in [0.2, 0.25) is 11.8 Å². The smallest absolute Gasteiger partial charge is 0.255 e. The third-order valence-corrected chi connectivity index (χ3v) is 6.50. The van der Waals surface area contributed by atoms with E-state index in [2.05, 4.69) is 17.5 Å². The Hall–Kier alpha value is -2.92. The maximum atomic E-state index is 13.0. The Morgan fingerprint density at radius 1 is 0.862 bits per heavy atom. The van der Waals surface area contributed by atoms with Gasteiger partial charge in [-0.15, -0.1) is 0 Å². The average molecular weight is 407 g/mol. The van der Waals surface area contributed by atoms with Crippen LogP contribution in [-0.4, -0.2) is 17.7 Å². The van der Waals surface area contributed by atoms with Crippen molar-refractivity contribution in [2.24, 2.45) is 23.7 Å². The Labute approximate surface area is 173 Å². The monoisotopic (exact) mass is 406 g/mol. The van der Waals surface area contributed by atoms with Gasteiger partial charge in [0.15, 0.2) is 0 Å². The number of nitrogens with zero attached hydrogens (tertiary/aromatic N) is 1. The summed E-state index contributed by atoms with van der Waals surface area (Å²) in [5, 5.41) is 3.39. The summed E-state index contributed by atoms with van der Waals surface area (Å²) in [5.74, 6) is -0.645. The van der Waals surface area contributed by atoms with E-state index < -0.39 is 0 Å². The van der Waals surface area contributed by atoms with Crippen molar-refractivity contribution in [1.29, 1.82) is 0 Å². The molecule has 5 nitrogen and oxygen atoms in total. The Morgan fingerprint density at radius 3 is 1.93 bits per heavy atom. The number of anilines is 2. The molecule has 0 spiro atoms. The van der Waals surface area contributed by atoms with Crippen molar-refractivity contribution in [3.63, 3.8) is 0 Å². The van der Waals surface area contributed by atoms with Gasteiger partial charge in [-0.25, -0.2) is 0 Å². The summed E-state index contributed by atoms with van der Waals surface area (Å²) in [5.41, 5.74) is 1.61. The van der Waals surface area contributed by atoms with Gasteiger partial charge < -0.3 is 5.32 Å². The molecular weight excluding hydrogens is 388 g/mol. The Kier molecular flexibility index (Phi) is 4.28. The molecule has 1 heterocycles. The molecule has 1 N–H and O–H groups in total. The highest BCUT2D eigenvalue weighted by Gasteiger charge is 2.56. The molecule has 1 saturated carbocycles.